The van der Waals surface area contributed by atoms with Crippen molar-refractivity contribution < 1.29 is 0 Å². The van der Waals surface area contributed by atoms with Crippen molar-refractivity contribution in [2.75, 3.05) is 18.8 Å². The molecule has 24 heavy (non-hydrogen) atoms. The second-order valence-electron chi connectivity index (χ2n) is 6.44. The lowest BCUT2D eigenvalue weighted by Crippen LogP contribution is -2.43. The quantitative estimate of drug-likeness (QED) is 0.644. The molecule has 2 aromatic rings. The van der Waals surface area contributed by atoms with Crippen LogP contribution in [0.25, 0.3) is 10.9 Å². The number of para-hydroxylation sites is 1. The molecule has 0 aliphatic carbocycles. The van der Waals surface area contributed by atoms with Gasteiger partial charge in [-0.3, -0.25) is 4.98 Å². The predicted molar refractivity (Wildman–Crippen MR) is 105 cm³/mol. The van der Waals surface area contributed by atoms with Crippen LogP contribution in [-0.4, -0.2) is 34.5 Å². The molecule has 1 fully saturated rings. The van der Waals surface area contributed by atoms with Crippen molar-refractivity contribution in [3.05, 3.63) is 42.1 Å². The van der Waals surface area contributed by atoms with Gasteiger partial charge >= 0.3 is 0 Å². The smallest absolute Gasteiger partial charge is 0.191 e. The number of nitrogens with zero attached hydrogens (tertiary/aromatic N) is 2. The van der Waals surface area contributed by atoms with E-state index in [1.165, 1.54) is 29.5 Å². The van der Waals surface area contributed by atoms with Gasteiger partial charge in [0.25, 0.3) is 0 Å². The molecule has 1 aromatic carbocycles. The van der Waals surface area contributed by atoms with Crippen molar-refractivity contribution in [3.8, 4) is 0 Å². The van der Waals surface area contributed by atoms with E-state index in [0.29, 0.717) is 11.3 Å². The minimum Gasteiger partial charge on any atom is -0.357 e. The number of thioether (sulfide) groups is 1. The normalized spacial score (nSPS) is 21.2. The third-order valence-corrected chi connectivity index (χ3v) is 5.96. The van der Waals surface area contributed by atoms with E-state index >= 15 is 0 Å². The molecule has 1 atom stereocenters. The minimum atomic E-state index is 0.333. The number of nitrogens with one attached hydrogen (secondary N) is 2. The number of hydrogen-bond donors (Lipinski definition) is 2. The maximum atomic E-state index is 4.78. The summed E-state index contributed by atoms with van der Waals surface area (Å²) in [5.74, 6) is 2.17. The SMILES string of the molecule is CCNC(=NCc1ccnc2ccccc12)NCC1(C)CCCS1. The van der Waals surface area contributed by atoms with Gasteiger partial charge in [-0.15, -0.1) is 0 Å². The summed E-state index contributed by atoms with van der Waals surface area (Å²) >= 11 is 2.07. The summed E-state index contributed by atoms with van der Waals surface area (Å²) in [7, 11) is 0. The highest BCUT2D eigenvalue weighted by molar-refractivity contribution is 8.00. The van der Waals surface area contributed by atoms with Crippen LogP contribution in [0.2, 0.25) is 0 Å². The Labute approximate surface area is 148 Å². The van der Waals surface area contributed by atoms with Crippen LogP contribution in [-0.2, 0) is 6.54 Å². The maximum absolute atomic E-state index is 4.78. The molecule has 1 unspecified atom stereocenters. The van der Waals surface area contributed by atoms with Gasteiger partial charge in [0.1, 0.15) is 0 Å². The van der Waals surface area contributed by atoms with Crippen LogP contribution in [0.5, 0.6) is 0 Å². The van der Waals surface area contributed by atoms with Gasteiger partial charge < -0.3 is 10.6 Å². The van der Waals surface area contributed by atoms with E-state index in [1.807, 2.05) is 18.3 Å². The molecule has 4 nitrogen and oxygen atoms in total. The monoisotopic (exact) mass is 342 g/mol. The van der Waals surface area contributed by atoms with Gasteiger partial charge in [-0.1, -0.05) is 18.2 Å². The number of pyridine rings is 1. The molecule has 1 aliphatic rings. The first-order valence-corrected chi connectivity index (χ1v) is 9.67. The Kier molecular flexibility index (Phi) is 5.61. The van der Waals surface area contributed by atoms with Crippen molar-refractivity contribution in [1.82, 2.24) is 15.6 Å². The fourth-order valence-electron chi connectivity index (χ4n) is 3.05. The number of guanidine groups is 1. The Morgan fingerprint density at radius 1 is 1.29 bits per heavy atom. The van der Waals surface area contributed by atoms with E-state index in [2.05, 4.69) is 59.4 Å². The molecule has 2 heterocycles. The first kappa shape index (κ1) is 17.1. The van der Waals surface area contributed by atoms with Crippen LogP contribution >= 0.6 is 11.8 Å². The highest BCUT2D eigenvalue weighted by Crippen LogP contribution is 2.36. The Morgan fingerprint density at radius 3 is 2.96 bits per heavy atom. The van der Waals surface area contributed by atoms with Crippen molar-refractivity contribution in [2.24, 2.45) is 4.99 Å². The van der Waals surface area contributed by atoms with Crippen molar-refractivity contribution in [3.63, 3.8) is 0 Å². The third-order valence-electron chi connectivity index (χ3n) is 4.42. The topological polar surface area (TPSA) is 49.3 Å². The molecule has 0 spiro atoms. The van der Waals surface area contributed by atoms with Crippen LogP contribution in [0.15, 0.2) is 41.5 Å². The molecule has 1 aliphatic heterocycles. The summed E-state index contributed by atoms with van der Waals surface area (Å²) in [5.41, 5.74) is 2.23. The van der Waals surface area contributed by atoms with Crippen LogP contribution in [0, 0.1) is 0 Å². The minimum absolute atomic E-state index is 0.333. The number of fused-ring (bicyclic) bond motifs is 1. The van der Waals surface area contributed by atoms with Gasteiger partial charge in [0.05, 0.1) is 12.1 Å². The first-order chi connectivity index (χ1) is 11.7. The van der Waals surface area contributed by atoms with Crippen LogP contribution in [0.4, 0.5) is 0 Å². The standard InChI is InChI=1S/C19H26N4S/c1-3-20-18(23-14-19(2)10-6-12-24-19)22-13-15-9-11-21-17-8-5-4-7-16(15)17/h4-5,7-9,11H,3,6,10,12-14H2,1-2H3,(H2,20,22,23). The van der Waals surface area contributed by atoms with Crippen molar-refractivity contribution in [2.45, 2.75) is 38.0 Å². The fourth-order valence-corrected chi connectivity index (χ4v) is 4.29. The van der Waals surface area contributed by atoms with Gasteiger partial charge in [0.2, 0.25) is 0 Å². The van der Waals surface area contributed by atoms with Gasteiger partial charge in [0.15, 0.2) is 5.96 Å². The molecule has 0 radical (unpaired) electrons. The van der Waals surface area contributed by atoms with Crippen LogP contribution in [0.1, 0.15) is 32.3 Å². The number of rotatable bonds is 5. The molecule has 0 amide bonds. The number of aliphatic imine (C=N–C) groups is 1. The second kappa shape index (κ2) is 7.88. The summed E-state index contributed by atoms with van der Waals surface area (Å²) < 4.78 is 0.333. The summed E-state index contributed by atoms with van der Waals surface area (Å²) in [5, 5.41) is 8.06. The highest BCUT2D eigenvalue weighted by atomic mass is 32.2. The maximum Gasteiger partial charge on any atom is 0.191 e. The average Bonchev–Trinajstić information content (AvgIpc) is 3.04. The molecule has 5 heteroatoms. The molecule has 1 saturated heterocycles. The molecule has 0 saturated carbocycles. The zero-order valence-electron chi connectivity index (χ0n) is 14.5. The summed E-state index contributed by atoms with van der Waals surface area (Å²) in [6, 6.07) is 10.3. The zero-order valence-corrected chi connectivity index (χ0v) is 15.3. The van der Waals surface area contributed by atoms with E-state index in [9.17, 15) is 0 Å². The Bertz CT molecular complexity index is 702. The highest BCUT2D eigenvalue weighted by Gasteiger charge is 2.29. The zero-order chi connectivity index (χ0) is 16.8. The van der Waals surface area contributed by atoms with E-state index in [4.69, 9.17) is 4.99 Å². The summed E-state index contributed by atoms with van der Waals surface area (Å²) in [6.07, 6.45) is 4.46. The lowest BCUT2D eigenvalue weighted by Gasteiger charge is -2.24. The predicted octanol–water partition coefficient (Wildman–Crippen LogP) is 3.58. The van der Waals surface area contributed by atoms with E-state index in [-0.39, 0.29) is 0 Å². The molecular weight excluding hydrogens is 316 g/mol. The van der Waals surface area contributed by atoms with Gasteiger partial charge in [0, 0.05) is 29.4 Å². The van der Waals surface area contributed by atoms with E-state index < -0.39 is 0 Å². The molecular formula is C19H26N4S. The number of aromatic nitrogens is 1. The lowest BCUT2D eigenvalue weighted by atomic mass is 10.1. The lowest BCUT2D eigenvalue weighted by molar-refractivity contribution is 0.584. The Balaban J connectivity index is 1.70. The number of benzene rings is 1. The summed E-state index contributed by atoms with van der Waals surface area (Å²) in [6.45, 7) is 6.93. The van der Waals surface area contributed by atoms with E-state index in [0.717, 1.165) is 24.6 Å². The molecule has 3 rings (SSSR count). The Hall–Kier alpha value is -1.75. The van der Waals surface area contributed by atoms with Crippen LogP contribution in [0.3, 0.4) is 0 Å². The Morgan fingerprint density at radius 2 is 2.17 bits per heavy atom. The third kappa shape index (κ3) is 4.20. The second-order valence-corrected chi connectivity index (χ2v) is 8.12. The molecule has 0 bridgehead atoms. The molecule has 128 valence electrons. The molecule has 2 N–H and O–H groups in total. The van der Waals surface area contributed by atoms with Crippen LogP contribution < -0.4 is 10.6 Å². The fraction of sp³-hybridized carbons (Fsp3) is 0.474. The first-order valence-electron chi connectivity index (χ1n) is 8.69. The van der Waals surface area contributed by atoms with Crippen molar-refractivity contribution in [1.29, 1.82) is 0 Å². The molecule has 1 aromatic heterocycles. The van der Waals surface area contributed by atoms with Gasteiger partial charge in [-0.25, -0.2) is 4.99 Å². The summed E-state index contributed by atoms with van der Waals surface area (Å²) in [4.78, 5) is 9.20. The largest absolute Gasteiger partial charge is 0.357 e. The van der Waals surface area contributed by atoms with E-state index in [1.54, 1.807) is 0 Å². The van der Waals surface area contributed by atoms with Gasteiger partial charge in [-0.05, 0) is 50.1 Å². The number of hydrogen-bond acceptors (Lipinski definition) is 3. The van der Waals surface area contributed by atoms with Gasteiger partial charge in [-0.2, -0.15) is 11.8 Å². The average molecular weight is 343 g/mol. The van der Waals surface area contributed by atoms with Crippen molar-refractivity contribution >= 4 is 28.6 Å².